The molecule has 0 spiro atoms. The second-order valence-corrected chi connectivity index (χ2v) is 8.16. The van der Waals surface area contributed by atoms with Crippen molar-refractivity contribution in [3.05, 3.63) is 83.2 Å². The van der Waals surface area contributed by atoms with E-state index in [0.717, 1.165) is 28.3 Å². The van der Waals surface area contributed by atoms with E-state index < -0.39 is 5.60 Å². The highest BCUT2D eigenvalue weighted by Crippen LogP contribution is 2.26. The molecular weight excluding hydrogens is 390 g/mol. The maximum Gasteiger partial charge on any atom is 0.168 e. The quantitative estimate of drug-likeness (QED) is 0.473. The summed E-state index contributed by atoms with van der Waals surface area (Å²) in [5, 5.41) is 14.7. The summed E-state index contributed by atoms with van der Waals surface area (Å²) >= 11 is 0. The SMILES string of the molecule is COc1cccc(-c2cc(CC(=O)c3ccc(C(C)(C)O)cc3)nc3cc(C)nn23)c1. The van der Waals surface area contributed by atoms with Crippen molar-refractivity contribution in [2.45, 2.75) is 32.8 Å². The molecule has 0 radical (unpaired) electrons. The molecule has 0 bridgehead atoms. The zero-order valence-electron chi connectivity index (χ0n) is 18.1. The number of aliphatic hydroxyl groups is 1. The van der Waals surface area contributed by atoms with Crippen LogP contribution in [0.2, 0.25) is 0 Å². The standard InChI is InChI=1S/C25H25N3O3/c1-16-12-24-26-20(15-23(29)17-8-10-19(11-9-17)25(2,3)30)14-22(28(24)27-16)18-6-5-7-21(13-18)31-4/h5-14,30H,15H2,1-4H3. The van der Waals surface area contributed by atoms with E-state index in [0.29, 0.717) is 16.9 Å². The summed E-state index contributed by atoms with van der Waals surface area (Å²) in [6.45, 7) is 5.35. The van der Waals surface area contributed by atoms with E-state index in [1.54, 1.807) is 49.7 Å². The van der Waals surface area contributed by atoms with Gasteiger partial charge in [0.1, 0.15) is 5.75 Å². The van der Waals surface area contributed by atoms with Gasteiger partial charge in [-0.15, -0.1) is 0 Å². The Morgan fingerprint density at radius 1 is 1.10 bits per heavy atom. The third kappa shape index (κ3) is 4.34. The topological polar surface area (TPSA) is 76.7 Å². The summed E-state index contributed by atoms with van der Waals surface area (Å²) in [6, 6.07) is 18.6. The third-order valence-electron chi connectivity index (χ3n) is 5.22. The van der Waals surface area contributed by atoms with Crippen LogP contribution >= 0.6 is 0 Å². The smallest absolute Gasteiger partial charge is 0.168 e. The lowest BCUT2D eigenvalue weighted by Crippen LogP contribution is -2.15. The summed E-state index contributed by atoms with van der Waals surface area (Å²) in [4.78, 5) is 17.6. The monoisotopic (exact) mass is 415 g/mol. The first-order chi connectivity index (χ1) is 14.7. The number of carbonyl (C=O) groups is 1. The molecule has 1 N–H and O–H groups in total. The van der Waals surface area contributed by atoms with E-state index in [-0.39, 0.29) is 12.2 Å². The second kappa shape index (κ2) is 7.96. The first-order valence-corrected chi connectivity index (χ1v) is 10.1. The number of Topliss-reactive ketones (excluding diaryl/α,β-unsaturated/α-hetero) is 1. The molecule has 6 nitrogen and oxygen atoms in total. The summed E-state index contributed by atoms with van der Waals surface area (Å²) in [6.07, 6.45) is 0.166. The van der Waals surface area contributed by atoms with Crippen LogP contribution in [0.3, 0.4) is 0 Å². The Kier molecular flexibility index (Phi) is 5.33. The van der Waals surface area contributed by atoms with Crippen molar-refractivity contribution in [1.29, 1.82) is 0 Å². The first kappa shape index (κ1) is 20.8. The second-order valence-electron chi connectivity index (χ2n) is 8.16. The Morgan fingerprint density at radius 2 is 1.84 bits per heavy atom. The Hall–Kier alpha value is -3.51. The summed E-state index contributed by atoms with van der Waals surface area (Å²) in [7, 11) is 1.63. The Balaban J connectivity index is 1.70. The Morgan fingerprint density at radius 3 is 2.52 bits per heavy atom. The predicted octanol–water partition coefficient (Wildman–Crippen LogP) is 4.37. The van der Waals surface area contributed by atoms with Gasteiger partial charge in [0.15, 0.2) is 11.4 Å². The lowest BCUT2D eigenvalue weighted by Gasteiger charge is -2.17. The third-order valence-corrected chi connectivity index (χ3v) is 5.22. The Labute approximate surface area is 181 Å². The van der Waals surface area contributed by atoms with Crippen LogP contribution in [0, 0.1) is 6.92 Å². The largest absolute Gasteiger partial charge is 0.497 e. The molecule has 2 aromatic heterocycles. The number of aryl methyl sites for hydroxylation is 1. The van der Waals surface area contributed by atoms with Gasteiger partial charge in [0, 0.05) is 17.2 Å². The lowest BCUT2D eigenvalue weighted by molar-refractivity contribution is 0.0784. The van der Waals surface area contributed by atoms with Crippen LogP contribution in [0.25, 0.3) is 16.9 Å². The van der Waals surface area contributed by atoms with Gasteiger partial charge in [-0.25, -0.2) is 9.50 Å². The molecule has 0 unspecified atom stereocenters. The number of nitrogens with zero attached hydrogens (tertiary/aromatic N) is 3. The van der Waals surface area contributed by atoms with Crippen LogP contribution in [0.15, 0.2) is 60.7 Å². The minimum atomic E-state index is -0.945. The van der Waals surface area contributed by atoms with Crippen LogP contribution in [0.5, 0.6) is 5.75 Å². The van der Waals surface area contributed by atoms with Crippen LogP contribution in [-0.2, 0) is 12.0 Å². The van der Waals surface area contributed by atoms with Crippen LogP contribution in [-0.4, -0.2) is 32.6 Å². The molecule has 0 aliphatic rings. The van der Waals surface area contributed by atoms with E-state index in [1.165, 1.54) is 0 Å². The van der Waals surface area contributed by atoms with Crippen molar-refractivity contribution in [3.8, 4) is 17.0 Å². The fourth-order valence-corrected chi connectivity index (χ4v) is 3.55. The number of ketones is 1. The maximum atomic E-state index is 12.9. The zero-order chi connectivity index (χ0) is 22.2. The number of benzene rings is 2. The van der Waals surface area contributed by atoms with Gasteiger partial charge >= 0.3 is 0 Å². The molecule has 31 heavy (non-hydrogen) atoms. The fraction of sp³-hybridized carbons (Fsp3) is 0.240. The molecule has 4 rings (SSSR count). The summed E-state index contributed by atoms with van der Waals surface area (Å²) < 4.78 is 7.15. The van der Waals surface area contributed by atoms with Gasteiger partial charge in [-0.3, -0.25) is 4.79 Å². The average molecular weight is 415 g/mol. The zero-order valence-corrected chi connectivity index (χ0v) is 18.1. The van der Waals surface area contributed by atoms with Gasteiger partial charge in [-0.2, -0.15) is 5.10 Å². The van der Waals surface area contributed by atoms with Crippen LogP contribution in [0.4, 0.5) is 0 Å². The van der Waals surface area contributed by atoms with E-state index in [1.807, 2.05) is 43.3 Å². The molecular formula is C25H25N3O3. The van der Waals surface area contributed by atoms with Crippen molar-refractivity contribution < 1.29 is 14.6 Å². The highest BCUT2D eigenvalue weighted by Gasteiger charge is 2.18. The van der Waals surface area contributed by atoms with Gasteiger partial charge < -0.3 is 9.84 Å². The molecule has 158 valence electrons. The number of methoxy groups -OCH3 is 1. The van der Waals surface area contributed by atoms with Gasteiger partial charge in [0.05, 0.1) is 36.2 Å². The van der Waals surface area contributed by atoms with Crippen molar-refractivity contribution in [1.82, 2.24) is 14.6 Å². The molecule has 0 aliphatic heterocycles. The molecule has 0 fully saturated rings. The number of carbonyl (C=O) groups excluding carboxylic acids is 1. The predicted molar refractivity (Wildman–Crippen MR) is 119 cm³/mol. The Bertz CT molecular complexity index is 1250. The van der Waals surface area contributed by atoms with Crippen molar-refractivity contribution in [2.75, 3.05) is 7.11 Å². The molecule has 0 saturated carbocycles. The molecule has 0 atom stereocenters. The molecule has 4 aromatic rings. The lowest BCUT2D eigenvalue weighted by atomic mass is 9.96. The van der Waals surface area contributed by atoms with Gasteiger partial charge in [-0.05, 0) is 44.5 Å². The number of ether oxygens (including phenoxy) is 1. The molecule has 6 heteroatoms. The minimum Gasteiger partial charge on any atom is -0.497 e. The van der Waals surface area contributed by atoms with Gasteiger partial charge in [0.2, 0.25) is 0 Å². The number of fused-ring (bicyclic) bond motifs is 1. The van der Waals surface area contributed by atoms with Crippen LogP contribution in [0.1, 0.15) is 41.2 Å². The normalized spacial score (nSPS) is 11.6. The van der Waals surface area contributed by atoms with E-state index in [4.69, 9.17) is 4.74 Å². The molecule has 0 amide bonds. The highest BCUT2D eigenvalue weighted by molar-refractivity contribution is 5.97. The number of aromatic nitrogens is 3. The molecule has 2 aromatic carbocycles. The van der Waals surface area contributed by atoms with E-state index in [9.17, 15) is 9.90 Å². The number of rotatable bonds is 6. The van der Waals surface area contributed by atoms with E-state index >= 15 is 0 Å². The summed E-state index contributed by atoms with van der Waals surface area (Å²) in [5.41, 5.74) is 4.39. The van der Waals surface area contributed by atoms with Crippen molar-refractivity contribution >= 4 is 11.4 Å². The number of hydrogen-bond acceptors (Lipinski definition) is 5. The fourth-order valence-electron chi connectivity index (χ4n) is 3.55. The molecule has 0 aliphatic carbocycles. The van der Waals surface area contributed by atoms with Crippen molar-refractivity contribution in [2.24, 2.45) is 0 Å². The van der Waals surface area contributed by atoms with Gasteiger partial charge in [0.25, 0.3) is 0 Å². The number of hydrogen-bond donors (Lipinski definition) is 1. The summed E-state index contributed by atoms with van der Waals surface area (Å²) in [5.74, 6) is 0.711. The van der Waals surface area contributed by atoms with E-state index in [2.05, 4.69) is 10.1 Å². The maximum absolute atomic E-state index is 12.9. The molecule has 0 saturated heterocycles. The average Bonchev–Trinajstić information content (AvgIpc) is 3.12. The van der Waals surface area contributed by atoms with Crippen molar-refractivity contribution in [3.63, 3.8) is 0 Å². The minimum absolute atomic E-state index is 0.0352. The highest BCUT2D eigenvalue weighted by atomic mass is 16.5. The first-order valence-electron chi connectivity index (χ1n) is 10.1. The van der Waals surface area contributed by atoms with Gasteiger partial charge in [-0.1, -0.05) is 36.4 Å². The molecule has 2 heterocycles. The van der Waals surface area contributed by atoms with Crippen LogP contribution < -0.4 is 4.74 Å².